The Labute approximate surface area is 141 Å². The van der Waals surface area contributed by atoms with Crippen molar-refractivity contribution < 1.29 is 19.1 Å². The first-order valence-corrected chi connectivity index (χ1v) is 7.97. The maximum Gasteiger partial charge on any atom is 0.325 e. The van der Waals surface area contributed by atoms with Gasteiger partial charge in [-0.15, -0.1) is 0 Å². The Balaban J connectivity index is 2.39. The molecule has 0 N–H and O–H groups in total. The van der Waals surface area contributed by atoms with Gasteiger partial charge in [0.15, 0.2) is 0 Å². The molecule has 0 fully saturated rings. The van der Waals surface area contributed by atoms with Crippen molar-refractivity contribution in [2.75, 3.05) is 31.2 Å². The molecule has 24 heavy (non-hydrogen) atoms. The Morgan fingerprint density at radius 1 is 1.00 bits per heavy atom. The first-order valence-electron chi connectivity index (χ1n) is 7.97. The molecule has 0 radical (unpaired) electrons. The molecule has 0 saturated carbocycles. The fraction of sp³-hybridized carbons (Fsp3) is 0.389. The van der Waals surface area contributed by atoms with Crippen LogP contribution in [0, 0.1) is 6.92 Å². The molecule has 0 aliphatic carbocycles. The number of aromatic nitrogens is 1. The average Bonchev–Trinajstić information content (AvgIpc) is 2.54. The van der Waals surface area contributed by atoms with E-state index in [2.05, 4.69) is 4.98 Å². The predicted octanol–water partition coefficient (Wildman–Crippen LogP) is 2.48. The molecule has 2 aromatic rings. The molecule has 1 aromatic carbocycles. The van der Waals surface area contributed by atoms with Crippen molar-refractivity contribution in [2.24, 2.45) is 0 Å². The van der Waals surface area contributed by atoms with Gasteiger partial charge >= 0.3 is 11.9 Å². The molecule has 0 amide bonds. The molecule has 0 unspecified atom stereocenters. The summed E-state index contributed by atoms with van der Waals surface area (Å²) in [6.07, 6.45) is 0. The van der Waals surface area contributed by atoms with Gasteiger partial charge in [-0.1, -0.05) is 18.2 Å². The SMILES string of the molecule is CCOC(=O)CN(CC(=O)OCC)c1cccc2ccc(C)nc12. The van der Waals surface area contributed by atoms with E-state index in [4.69, 9.17) is 9.47 Å². The molecule has 0 aliphatic heterocycles. The monoisotopic (exact) mass is 330 g/mol. The highest BCUT2D eigenvalue weighted by atomic mass is 16.5. The van der Waals surface area contributed by atoms with Crippen molar-refractivity contribution >= 4 is 28.5 Å². The summed E-state index contributed by atoms with van der Waals surface area (Å²) >= 11 is 0. The first-order chi connectivity index (χ1) is 11.5. The zero-order valence-electron chi connectivity index (χ0n) is 14.2. The van der Waals surface area contributed by atoms with Crippen LogP contribution in [0.2, 0.25) is 0 Å². The fourth-order valence-corrected chi connectivity index (χ4v) is 2.44. The minimum absolute atomic E-state index is 0.0403. The molecule has 0 spiro atoms. The largest absolute Gasteiger partial charge is 0.465 e. The van der Waals surface area contributed by atoms with Crippen LogP contribution in [0.1, 0.15) is 19.5 Å². The number of pyridine rings is 1. The molecular weight excluding hydrogens is 308 g/mol. The number of nitrogens with zero attached hydrogens (tertiary/aromatic N) is 2. The smallest absolute Gasteiger partial charge is 0.325 e. The molecule has 6 heteroatoms. The Morgan fingerprint density at radius 2 is 1.62 bits per heavy atom. The lowest BCUT2D eigenvalue weighted by Gasteiger charge is -2.23. The van der Waals surface area contributed by atoms with Crippen molar-refractivity contribution in [3.05, 3.63) is 36.0 Å². The number of carbonyl (C=O) groups excluding carboxylic acids is 2. The zero-order valence-corrected chi connectivity index (χ0v) is 14.2. The summed E-state index contributed by atoms with van der Waals surface area (Å²) in [5, 5.41) is 0.941. The maximum atomic E-state index is 11.9. The highest BCUT2D eigenvalue weighted by Crippen LogP contribution is 2.25. The third-order valence-corrected chi connectivity index (χ3v) is 3.43. The highest BCUT2D eigenvalue weighted by Gasteiger charge is 2.19. The number of para-hydroxylation sites is 1. The van der Waals surface area contributed by atoms with Gasteiger partial charge in [0.1, 0.15) is 13.1 Å². The Morgan fingerprint density at radius 3 is 2.21 bits per heavy atom. The summed E-state index contributed by atoms with van der Waals surface area (Å²) in [6.45, 7) is 5.89. The third kappa shape index (κ3) is 4.44. The topological polar surface area (TPSA) is 68.7 Å². The summed E-state index contributed by atoms with van der Waals surface area (Å²) in [5.41, 5.74) is 2.31. The van der Waals surface area contributed by atoms with E-state index < -0.39 is 11.9 Å². The lowest BCUT2D eigenvalue weighted by molar-refractivity contribution is -0.142. The van der Waals surface area contributed by atoms with Gasteiger partial charge < -0.3 is 14.4 Å². The van der Waals surface area contributed by atoms with E-state index in [9.17, 15) is 9.59 Å². The van der Waals surface area contributed by atoms with Gasteiger partial charge in [-0.05, 0) is 32.9 Å². The van der Waals surface area contributed by atoms with Crippen LogP contribution in [0.4, 0.5) is 5.69 Å². The Bertz CT molecular complexity index is 710. The summed E-state index contributed by atoms with van der Waals surface area (Å²) in [5.74, 6) is -0.794. The van der Waals surface area contributed by atoms with Gasteiger partial charge in [0, 0.05) is 11.1 Å². The van der Waals surface area contributed by atoms with E-state index in [1.54, 1.807) is 18.7 Å². The van der Waals surface area contributed by atoms with Crippen LogP contribution in [0.25, 0.3) is 10.9 Å². The zero-order chi connectivity index (χ0) is 17.5. The van der Waals surface area contributed by atoms with Gasteiger partial charge in [0.05, 0.1) is 24.4 Å². The molecule has 0 saturated heterocycles. The van der Waals surface area contributed by atoms with Crippen LogP contribution >= 0.6 is 0 Å². The number of fused-ring (bicyclic) bond motifs is 1. The number of ether oxygens (including phenoxy) is 2. The normalized spacial score (nSPS) is 10.5. The minimum atomic E-state index is -0.397. The molecule has 0 bridgehead atoms. The van der Waals surface area contributed by atoms with Crippen LogP contribution in [-0.4, -0.2) is 43.2 Å². The van der Waals surface area contributed by atoms with Crippen LogP contribution in [0.3, 0.4) is 0 Å². The number of rotatable bonds is 7. The number of esters is 2. The van der Waals surface area contributed by atoms with Gasteiger partial charge in [-0.25, -0.2) is 0 Å². The molecule has 1 heterocycles. The summed E-state index contributed by atoms with van der Waals surface area (Å²) in [4.78, 5) is 30.1. The van der Waals surface area contributed by atoms with Crippen LogP contribution in [0.15, 0.2) is 30.3 Å². The van der Waals surface area contributed by atoms with Gasteiger partial charge in [0.2, 0.25) is 0 Å². The number of hydrogen-bond donors (Lipinski definition) is 0. The fourth-order valence-electron chi connectivity index (χ4n) is 2.44. The van der Waals surface area contributed by atoms with Crippen LogP contribution in [-0.2, 0) is 19.1 Å². The van der Waals surface area contributed by atoms with Crippen LogP contribution in [0.5, 0.6) is 0 Å². The molecule has 0 atom stereocenters. The lowest BCUT2D eigenvalue weighted by Crippen LogP contribution is -2.36. The molecule has 0 aliphatic rings. The number of benzene rings is 1. The van der Waals surface area contributed by atoms with Crippen molar-refractivity contribution in [3.8, 4) is 0 Å². The second-order valence-corrected chi connectivity index (χ2v) is 5.27. The van der Waals surface area contributed by atoms with Gasteiger partial charge in [-0.2, -0.15) is 0 Å². The van der Waals surface area contributed by atoms with E-state index in [-0.39, 0.29) is 13.1 Å². The maximum absolute atomic E-state index is 11.9. The minimum Gasteiger partial charge on any atom is -0.465 e. The summed E-state index contributed by atoms with van der Waals surface area (Å²) < 4.78 is 10.0. The van der Waals surface area contributed by atoms with E-state index in [1.165, 1.54) is 0 Å². The molecule has 128 valence electrons. The first kappa shape index (κ1) is 17.7. The van der Waals surface area contributed by atoms with E-state index in [0.29, 0.717) is 18.9 Å². The molecular formula is C18H22N2O4. The van der Waals surface area contributed by atoms with E-state index in [1.807, 2.05) is 37.3 Å². The molecule has 1 aromatic heterocycles. The van der Waals surface area contributed by atoms with Crippen molar-refractivity contribution in [1.82, 2.24) is 4.98 Å². The van der Waals surface area contributed by atoms with Crippen molar-refractivity contribution in [2.45, 2.75) is 20.8 Å². The lowest BCUT2D eigenvalue weighted by atomic mass is 10.1. The van der Waals surface area contributed by atoms with Crippen molar-refractivity contribution in [3.63, 3.8) is 0 Å². The second-order valence-electron chi connectivity index (χ2n) is 5.27. The van der Waals surface area contributed by atoms with E-state index in [0.717, 1.165) is 16.6 Å². The summed E-state index contributed by atoms with van der Waals surface area (Å²) in [6, 6.07) is 9.55. The number of hydrogen-bond acceptors (Lipinski definition) is 6. The quantitative estimate of drug-likeness (QED) is 0.727. The molecule has 6 nitrogen and oxygen atoms in total. The number of carbonyl (C=O) groups is 2. The highest BCUT2D eigenvalue weighted by molar-refractivity contribution is 5.94. The third-order valence-electron chi connectivity index (χ3n) is 3.43. The Kier molecular flexibility index (Phi) is 6.12. The van der Waals surface area contributed by atoms with Gasteiger partial charge in [-0.3, -0.25) is 14.6 Å². The van der Waals surface area contributed by atoms with Gasteiger partial charge in [0.25, 0.3) is 0 Å². The predicted molar refractivity (Wildman–Crippen MR) is 92.0 cm³/mol. The van der Waals surface area contributed by atoms with Crippen molar-refractivity contribution in [1.29, 1.82) is 0 Å². The summed E-state index contributed by atoms with van der Waals surface area (Å²) in [7, 11) is 0. The average molecular weight is 330 g/mol. The number of anilines is 1. The van der Waals surface area contributed by atoms with E-state index >= 15 is 0 Å². The molecule has 2 rings (SSSR count). The second kappa shape index (κ2) is 8.29. The standard InChI is InChI=1S/C18H22N2O4/c1-4-23-16(21)11-20(12-17(22)24-5-2)15-8-6-7-14-10-9-13(3)19-18(14)15/h6-10H,4-5,11-12H2,1-3H3. The number of aryl methyl sites for hydroxylation is 1. The Hall–Kier alpha value is -2.63. The van der Waals surface area contributed by atoms with Crippen LogP contribution < -0.4 is 4.90 Å².